The van der Waals surface area contributed by atoms with Gasteiger partial charge in [0.25, 0.3) is 0 Å². The first-order valence-corrected chi connectivity index (χ1v) is 7.31. The van der Waals surface area contributed by atoms with Crippen LogP contribution in [0, 0.1) is 5.41 Å². The van der Waals surface area contributed by atoms with Gasteiger partial charge in [0.1, 0.15) is 0 Å². The summed E-state index contributed by atoms with van der Waals surface area (Å²) in [5.74, 6) is -0.829. The molecule has 5 nitrogen and oxygen atoms in total. The Balaban J connectivity index is 1.82. The quantitative estimate of drug-likeness (QED) is 0.892. The Morgan fingerprint density at radius 2 is 2.05 bits per heavy atom. The topological polar surface area (TPSA) is 69.6 Å². The third kappa shape index (κ3) is 3.97. The molecule has 2 rings (SSSR count). The number of piperidine rings is 1. The molecule has 0 radical (unpaired) electrons. The Bertz CT molecular complexity index is 504. The van der Waals surface area contributed by atoms with Crippen LogP contribution in [-0.2, 0) is 11.2 Å². The fourth-order valence-electron chi connectivity index (χ4n) is 2.66. The smallest absolute Gasteiger partial charge is 0.317 e. The minimum atomic E-state index is -0.829. The van der Waals surface area contributed by atoms with Crippen LogP contribution in [0.25, 0.3) is 0 Å². The van der Waals surface area contributed by atoms with Crippen molar-refractivity contribution in [1.82, 2.24) is 10.2 Å². The normalized spacial score (nSPS) is 21.9. The van der Waals surface area contributed by atoms with Crippen LogP contribution in [0.3, 0.4) is 0 Å². The summed E-state index contributed by atoms with van der Waals surface area (Å²) in [4.78, 5) is 25.0. The molecule has 1 heterocycles. The maximum atomic E-state index is 12.1. The lowest BCUT2D eigenvalue weighted by Gasteiger charge is -2.37. The Morgan fingerprint density at radius 1 is 1.33 bits per heavy atom. The SMILES string of the molecule is CC1(C(=O)O)CCCN(C(=O)NCCc2ccccc2)C1. The summed E-state index contributed by atoms with van der Waals surface area (Å²) in [6, 6.07) is 9.78. The standard InChI is InChI=1S/C16H22N2O3/c1-16(14(19)20)9-5-11-18(12-16)15(21)17-10-8-13-6-3-2-4-7-13/h2-4,6-7H,5,8-12H2,1H3,(H,17,21)(H,19,20). The fourth-order valence-corrected chi connectivity index (χ4v) is 2.66. The number of amides is 2. The van der Waals surface area contributed by atoms with Crippen molar-refractivity contribution >= 4 is 12.0 Å². The first-order chi connectivity index (χ1) is 10.0. The van der Waals surface area contributed by atoms with Crippen LogP contribution in [0.1, 0.15) is 25.3 Å². The molecule has 0 aliphatic carbocycles. The number of carbonyl (C=O) groups excluding carboxylic acids is 1. The molecule has 1 aliphatic heterocycles. The van der Waals surface area contributed by atoms with E-state index in [4.69, 9.17) is 0 Å². The Hall–Kier alpha value is -2.04. The van der Waals surface area contributed by atoms with Gasteiger partial charge in [0, 0.05) is 19.6 Å². The van der Waals surface area contributed by atoms with Crippen LogP contribution in [0.4, 0.5) is 4.79 Å². The molecule has 1 saturated heterocycles. The van der Waals surface area contributed by atoms with Gasteiger partial charge >= 0.3 is 12.0 Å². The molecule has 1 aliphatic rings. The van der Waals surface area contributed by atoms with E-state index in [1.54, 1.807) is 11.8 Å². The van der Waals surface area contributed by atoms with E-state index < -0.39 is 11.4 Å². The van der Waals surface area contributed by atoms with Crippen molar-refractivity contribution in [1.29, 1.82) is 0 Å². The van der Waals surface area contributed by atoms with E-state index in [9.17, 15) is 14.7 Å². The van der Waals surface area contributed by atoms with Crippen LogP contribution in [0.15, 0.2) is 30.3 Å². The summed E-state index contributed by atoms with van der Waals surface area (Å²) in [5.41, 5.74) is 0.349. The Morgan fingerprint density at radius 3 is 2.71 bits per heavy atom. The van der Waals surface area contributed by atoms with Crippen LogP contribution < -0.4 is 5.32 Å². The number of aliphatic carboxylic acids is 1. The van der Waals surface area contributed by atoms with Crippen molar-refractivity contribution in [2.24, 2.45) is 5.41 Å². The van der Waals surface area contributed by atoms with Gasteiger partial charge in [-0.1, -0.05) is 30.3 Å². The molecular weight excluding hydrogens is 268 g/mol. The lowest BCUT2D eigenvalue weighted by molar-refractivity contribution is -0.150. The number of urea groups is 1. The number of nitrogens with zero attached hydrogens (tertiary/aromatic N) is 1. The zero-order chi connectivity index (χ0) is 15.3. The molecule has 2 N–H and O–H groups in total. The number of carboxylic acids is 1. The zero-order valence-corrected chi connectivity index (χ0v) is 12.3. The molecule has 0 bridgehead atoms. The molecule has 21 heavy (non-hydrogen) atoms. The molecule has 5 heteroatoms. The van der Waals surface area contributed by atoms with Gasteiger partial charge in [-0.25, -0.2) is 4.79 Å². The number of hydrogen-bond donors (Lipinski definition) is 2. The highest BCUT2D eigenvalue weighted by Crippen LogP contribution is 2.29. The molecule has 0 saturated carbocycles. The predicted octanol–water partition coefficient (Wildman–Crippen LogP) is 2.13. The maximum absolute atomic E-state index is 12.1. The molecule has 1 unspecified atom stereocenters. The number of benzene rings is 1. The maximum Gasteiger partial charge on any atom is 0.317 e. The summed E-state index contributed by atoms with van der Waals surface area (Å²) < 4.78 is 0. The highest BCUT2D eigenvalue weighted by molar-refractivity contribution is 5.78. The molecule has 0 spiro atoms. The number of nitrogens with one attached hydrogen (secondary N) is 1. The van der Waals surface area contributed by atoms with E-state index in [1.807, 2.05) is 30.3 Å². The van der Waals surface area contributed by atoms with Crippen LogP contribution in [0.2, 0.25) is 0 Å². The Kier molecular flexibility index (Phi) is 4.83. The summed E-state index contributed by atoms with van der Waals surface area (Å²) in [6.45, 7) is 3.17. The second-order valence-electron chi connectivity index (χ2n) is 5.86. The molecule has 2 amide bonds. The molecule has 1 aromatic rings. The monoisotopic (exact) mass is 290 g/mol. The van der Waals surface area contributed by atoms with Crippen molar-refractivity contribution < 1.29 is 14.7 Å². The second-order valence-corrected chi connectivity index (χ2v) is 5.86. The van der Waals surface area contributed by atoms with Gasteiger partial charge < -0.3 is 15.3 Å². The van der Waals surface area contributed by atoms with E-state index >= 15 is 0 Å². The van der Waals surface area contributed by atoms with Crippen LogP contribution in [-0.4, -0.2) is 41.6 Å². The van der Waals surface area contributed by atoms with Gasteiger partial charge in [-0.2, -0.15) is 0 Å². The number of likely N-dealkylation sites (tertiary alicyclic amines) is 1. The van der Waals surface area contributed by atoms with Gasteiger partial charge in [-0.15, -0.1) is 0 Å². The van der Waals surface area contributed by atoms with Gasteiger partial charge in [-0.05, 0) is 31.7 Å². The zero-order valence-electron chi connectivity index (χ0n) is 12.3. The second kappa shape index (κ2) is 6.61. The first-order valence-electron chi connectivity index (χ1n) is 7.31. The largest absolute Gasteiger partial charge is 0.481 e. The Labute approximate surface area is 125 Å². The molecule has 1 atom stereocenters. The van der Waals surface area contributed by atoms with E-state index in [-0.39, 0.29) is 12.6 Å². The number of carboxylic acid groups (broad SMARTS) is 1. The van der Waals surface area contributed by atoms with Crippen molar-refractivity contribution in [2.75, 3.05) is 19.6 Å². The number of hydrogen-bond acceptors (Lipinski definition) is 2. The first kappa shape index (κ1) is 15.4. The molecular formula is C16H22N2O3. The van der Waals surface area contributed by atoms with Gasteiger partial charge in [-0.3, -0.25) is 4.79 Å². The molecule has 114 valence electrons. The third-order valence-electron chi connectivity index (χ3n) is 4.03. The van der Waals surface area contributed by atoms with Crippen molar-refractivity contribution in [3.63, 3.8) is 0 Å². The predicted molar refractivity (Wildman–Crippen MR) is 80.1 cm³/mol. The average Bonchev–Trinajstić information content (AvgIpc) is 2.48. The van der Waals surface area contributed by atoms with Crippen molar-refractivity contribution in [2.45, 2.75) is 26.2 Å². The van der Waals surface area contributed by atoms with Gasteiger partial charge in [0.2, 0.25) is 0 Å². The van der Waals surface area contributed by atoms with Crippen molar-refractivity contribution in [3.8, 4) is 0 Å². The number of carbonyl (C=O) groups is 2. The molecule has 1 fully saturated rings. The number of rotatable bonds is 4. The van der Waals surface area contributed by atoms with Gasteiger partial charge in [0.05, 0.1) is 5.41 Å². The molecule has 0 aromatic heterocycles. The highest BCUT2D eigenvalue weighted by Gasteiger charge is 2.39. The minimum Gasteiger partial charge on any atom is -0.481 e. The van der Waals surface area contributed by atoms with E-state index in [0.29, 0.717) is 19.5 Å². The highest BCUT2D eigenvalue weighted by atomic mass is 16.4. The molecule has 1 aromatic carbocycles. The van der Waals surface area contributed by atoms with Gasteiger partial charge in [0.15, 0.2) is 0 Å². The fraction of sp³-hybridized carbons (Fsp3) is 0.500. The lowest BCUT2D eigenvalue weighted by Crippen LogP contribution is -2.51. The average molecular weight is 290 g/mol. The van der Waals surface area contributed by atoms with E-state index in [1.165, 1.54) is 5.56 Å². The lowest BCUT2D eigenvalue weighted by atomic mass is 9.82. The summed E-state index contributed by atoms with van der Waals surface area (Å²) in [7, 11) is 0. The van der Waals surface area contributed by atoms with E-state index in [0.717, 1.165) is 12.8 Å². The summed E-state index contributed by atoms with van der Waals surface area (Å²) in [6.07, 6.45) is 2.13. The summed E-state index contributed by atoms with van der Waals surface area (Å²) >= 11 is 0. The van der Waals surface area contributed by atoms with Crippen LogP contribution >= 0.6 is 0 Å². The third-order valence-corrected chi connectivity index (χ3v) is 4.03. The van der Waals surface area contributed by atoms with E-state index in [2.05, 4.69) is 5.32 Å². The van der Waals surface area contributed by atoms with Crippen LogP contribution in [0.5, 0.6) is 0 Å². The minimum absolute atomic E-state index is 0.168. The summed E-state index contributed by atoms with van der Waals surface area (Å²) in [5, 5.41) is 12.1. The van der Waals surface area contributed by atoms with Crippen molar-refractivity contribution in [3.05, 3.63) is 35.9 Å².